The van der Waals surface area contributed by atoms with E-state index in [1.165, 1.54) is 0 Å². The lowest BCUT2D eigenvalue weighted by atomic mass is 9.98. The van der Waals surface area contributed by atoms with Gasteiger partial charge in [-0.25, -0.2) is 0 Å². The summed E-state index contributed by atoms with van der Waals surface area (Å²) in [5.41, 5.74) is 0.842. The summed E-state index contributed by atoms with van der Waals surface area (Å²) in [6.07, 6.45) is 0. The number of halogens is 1. The van der Waals surface area contributed by atoms with E-state index in [2.05, 4.69) is 0 Å². The zero-order chi connectivity index (χ0) is 14.9. The highest BCUT2D eigenvalue weighted by Gasteiger charge is 2.22. The maximum Gasteiger partial charge on any atom is 0.257 e. The van der Waals surface area contributed by atoms with Crippen LogP contribution in [0.25, 0.3) is 11.3 Å². The van der Waals surface area contributed by atoms with Crippen LogP contribution < -0.4 is 5.56 Å². The Labute approximate surface area is 123 Å². The van der Waals surface area contributed by atoms with Gasteiger partial charge in [-0.15, -0.1) is 0 Å². The number of rotatable bonds is 3. The molecule has 0 aliphatic rings. The fraction of sp³-hybridized carbons (Fsp3) is 0.312. The van der Waals surface area contributed by atoms with Crippen molar-refractivity contribution in [2.45, 2.75) is 32.9 Å². The fourth-order valence-corrected chi connectivity index (χ4v) is 2.36. The Morgan fingerprint density at radius 2 is 1.75 bits per heavy atom. The Hall–Kier alpha value is -1.58. The third-order valence-corrected chi connectivity index (χ3v) is 3.54. The van der Waals surface area contributed by atoms with Crippen molar-refractivity contribution in [2.75, 3.05) is 0 Å². The second-order valence-corrected chi connectivity index (χ2v) is 5.68. The molecule has 3 nitrogen and oxygen atoms in total. The molecule has 2 aromatic rings. The summed E-state index contributed by atoms with van der Waals surface area (Å²) in [4.78, 5) is 12.5. The van der Waals surface area contributed by atoms with Gasteiger partial charge in [0, 0.05) is 17.1 Å². The van der Waals surface area contributed by atoms with Gasteiger partial charge >= 0.3 is 0 Å². The van der Waals surface area contributed by atoms with Crippen molar-refractivity contribution in [1.82, 2.24) is 4.57 Å². The van der Waals surface area contributed by atoms with E-state index >= 15 is 0 Å². The number of benzene rings is 1. The lowest BCUT2D eigenvalue weighted by Gasteiger charge is -2.20. The first-order chi connectivity index (χ1) is 9.34. The van der Waals surface area contributed by atoms with Crippen molar-refractivity contribution >= 4 is 11.6 Å². The van der Waals surface area contributed by atoms with Crippen LogP contribution in [0.2, 0.25) is 5.02 Å². The highest BCUT2D eigenvalue weighted by atomic mass is 35.5. The number of nitrogens with zero attached hydrogens (tertiary/aromatic N) is 1. The SMILES string of the molecule is CCn1c(-c2ccc(Cl)cc2)ccc(C(C)(C)O)c1=O. The quantitative estimate of drug-likeness (QED) is 0.941. The molecule has 0 saturated carbocycles. The number of hydrogen-bond acceptors (Lipinski definition) is 2. The Bertz CT molecular complexity index is 666. The minimum Gasteiger partial charge on any atom is -0.386 e. The summed E-state index contributed by atoms with van der Waals surface area (Å²) in [6, 6.07) is 10.9. The molecule has 1 aromatic carbocycles. The van der Waals surface area contributed by atoms with E-state index in [0.717, 1.165) is 11.3 Å². The van der Waals surface area contributed by atoms with E-state index in [9.17, 15) is 9.90 Å². The first-order valence-corrected chi connectivity index (χ1v) is 6.95. The van der Waals surface area contributed by atoms with E-state index in [1.807, 2.05) is 25.1 Å². The van der Waals surface area contributed by atoms with Gasteiger partial charge in [-0.05, 0) is 50.6 Å². The molecule has 4 heteroatoms. The summed E-state index contributed by atoms with van der Waals surface area (Å²) in [5, 5.41) is 10.7. The fourth-order valence-electron chi connectivity index (χ4n) is 2.23. The third kappa shape index (κ3) is 2.79. The molecule has 0 unspecified atom stereocenters. The van der Waals surface area contributed by atoms with E-state index in [1.54, 1.807) is 36.6 Å². The highest BCUT2D eigenvalue weighted by molar-refractivity contribution is 6.30. The number of pyridine rings is 1. The Kier molecular flexibility index (Phi) is 4.02. The molecule has 1 aromatic heterocycles. The summed E-state index contributed by atoms with van der Waals surface area (Å²) < 4.78 is 1.66. The molecule has 0 aliphatic heterocycles. The molecule has 0 fully saturated rings. The number of aromatic nitrogens is 1. The van der Waals surface area contributed by atoms with Crippen molar-refractivity contribution in [1.29, 1.82) is 0 Å². The summed E-state index contributed by atoms with van der Waals surface area (Å²) in [6.45, 7) is 5.69. The Morgan fingerprint density at radius 1 is 1.15 bits per heavy atom. The van der Waals surface area contributed by atoms with Gasteiger partial charge in [-0.3, -0.25) is 4.79 Å². The topological polar surface area (TPSA) is 42.2 Å². The van der Waals surface area contributed by atoms with Gasteiger partial charge in [0.1, 0.15) is 0 Å². The van der Waals surface area contributed by atoms with Gasteiger partial charge < -0.3 is 9.67 Å². The molecule has 0 saturated heterocycles. The molecule has 0 spiro atoms. The van der Waals surface area contributed by atoms with E-state index in [0.29, 0.717) is 17.1 Å². The van der Waals surface area contributed by atoms with Crippen LogP contribution in [0.4, 0.5) is 0 Å². The first kappa shape index (κ1) is 14.8. The molecule has 0 atom stereocenters. The Balaban J connectivity index is 2.65. The molecule has 106 valence electrons. The smallest absolute Gasteiger partial charge is 0.257 e. The lowest BCUT2D eigenvalue weighted by Crippen LogP contribution is -2.32. The molecule has 0 amide bonds. The third-order valence-electron chi connectivity index (χ3n) is 3.29. The molecule has 0 radical (unpaired) electrons. The van der Waals surface area contributed by atoms with Gasteiger partial charge in [-0.2, -0.15) is 0 Å². The first-order valence-electron chi connectivity index (χ1n) is 6.57. The molecule has 1 heterocycles. The van der Waals surface area contributed by atoms with Crippen LogP contribution in [-0.4, -0.2) is 9.67 Å². The van der Waals surface area contributed by atoms with E-state index in [-0.39, 0.29) is 5.56 Å². The maximum absolute atomic E-state index is 12.5. The molecule has 2 rings (SSSR count). The maximum atomic E-state index is 12.5. The van der Waals surface area contributed by atoms with Gasteiger partial charge in [0.05, 0.1) is 11.3 Å². The predicted octanol–water partition coefficient (Wildman–Crippen LogP) is 3.42. The van der Waals surface area contributed by atoms with Crippen molar-refractivity contribution in [3.05, 3.63) is 57.3 Å². The van der Waals surface area contributed by atoms with Crippen molar-refractivity contribution in [3.8, 4) is 11.3 Å². The monoisotopic (exact) mass is 291 g/mol. The zero-order valence-corrected chi connectivity index (χ0v) is 12.6. The average molecular weight is 292 g/mol. The van der Waals surface area contributed by atoms with Gasteiger partial charge in [0.2, 0.25) is 0 Å². The summed E-state index contributed by atoms with van der Waals surface area (Å²) >= 11 is 5.89. The minimum absolute atomic E-state index is 0.160. The molecular formula is C16H18ClNO2. The van der Waals surface area contributed by atoms with Gasteiger partial charge in [0.15, 0.2) is 0 Å². The minimum atomic E-state index is -1.15. The molecular weight excluding hydrogens is 274 g/mol. The van der Waals surface area contributed by atoms with Crippen LogP contribution in [0.5, 0.6) is 0 Å². The van der Waals surface area contributed by atoms with Crippen molar-refractivity contribution in [2.24, 2.45) is 0 Å². The normalized spacial score (nSPS) is 11.7. The van der Waals surface area contributed by atoms with Crippen LogP contribution in [-0.2, 0) is 12.1 Å². The largest absolute Gasteiger partial charge is 0.386 e. The molecule has 20 heavy (non-hydrogen) atoms. The highest BCUT2D eigenvalue weighted by Crippen LogP contribution is 2.23. The second kappa shape index (κ2) is 5.43. The van der Waals surface area contributed by atoms with Crippen LogP contribution in [0.1, 0.15) is 26.3 Å². The van der Waals surface area contributed by atoms with Crippen LogP contribution in [0.15, 0.2) is 41.2 Å². The van der Waals surface area contributed by atoms with Gasteiger partial charge in [0.25, 0.3) is 5.56 Å². The summed E-state index contributed by atoms with van der Waals surface area (Å²) in [5.74, 6) is 0. The van der Waals surface area contributed by atoms with Crippen molar-refractivity contribution < 1.29 is 5.11 Å². The summed E-state index contributed by atoms with van der Waals surface area (Å²) in [7, 11) is 0. The number of aliphatic hydroxyl groups is 1. The Morgan fingerprint density at radius 3 is 2.25 bits per heavy atom. The van der Waals surface area contributed by atoms with Crippen LogP contribution in [0.3, 0.4) is 0 Å². The zero-order valence-electron chi connectivity index (χ0n) is 11.9. The van der Waals surface area contributed by atoms with Crippen LogP contribution >= 0.6 is 11.6 Å². The predicted molar refractivity (Wildman–Crippen MR) is 82.1 cm³/mol. The van der Waals surface area contributed by atoms with Crippen LogP contribution in [0, 0.1) is 0 Å². The number of hydrogen-bond donors (Lipinski definition) is 1. The standard InChI is InChI=1S/C16H18ClNO2/c1-4-18-14(11-5-7-12(17)8-6-11)10-9-13(15(18)19)16(2,3)20/h5-10,20H,4H2,1-3H3. The van der Waals surface area contributed by atoms with Crippen molar-refractivity contribution in [3.63, 3.8) is 0 Å². The molecule has 0 aliphatic carbocycles. The second-order valence-electron chi connectivity index (χ2n) is 5.25. The molecule has 0 bridgehead atoms. The molecule has 1 N–H and O–H groups in total. The van der Waals surface area contributed by atoms with Gasteiger partial charge in [-0.1, -0.05) is 23.7 Å². The lowest BCUT2D eigenvalue weighted by molar-refractivity contribution is 0.0765. The average Bonchev–Trinajstić information content (AvgIpc) is 2.37. The van der Waals surface area contributed by atoms with E-state index < -0.39 is 5.60 Å². The van der Waals surface area contributed by atoms with E-state index in [4.69, 9.17) is 11.6 Å².